The lowest BCUT2D eigenvalue weighted by Crippen LogP contribution is -2.01. The van der Waals surface area contributed by atoms with Crippen LogP contribution in [0, 0.1) is 0 Å². The summed E-state index contributed by atoms with van der Waals surface area (Å²) in [5.74, 6) is 1.87. The third-order valence-electron chi connectivity index (χ3n) is 5.39. The van der Waals surface area contributed by atoms with Crippen LogP contribution >= 0.6 is 15.9 Å². The molecule has 5 heteroatoms. The maximum Gasteiger partial charge on any atom is 0.185 e. The van der Waals surface area contributed by atoms with E-state index in [1.54, 1.807) is 43.5 Å². The molecule has 4 aromatic rings. The molecule has 0 aliphatic rings. The molecule has 0 aliphatic carbocycles. The minimum atomic E-state index is -0.0898. The summed E-state index contributed by atoms with van der Waals surface area (Å²) >= 11 is 3.62. The number of rotatable bonds is 9. The second-order valence-corrected chi connectivity index (χ2v) is 8.47. The van der Waals surface area contributed by atoms with Crippen LogP contribution in [-0.4, -0.2) is 19.5 Å². The maximum atomic E-state index is 12.6. The molecule has 172 valence electrons. The summed E-state index contributed by atoms with van der Waals surface area (Å²) in [5, 5.41) is 2.34. The van der Waals surface area contributed by atoms with E-state index in [4.69, 9.17) is 14.2 Å². The predicted molar refractivity (Wildman–Crippen MR) is 140 cm³/mol. The van der Waals surface area contributed by atoms with Crippen LogP contribution in [0.25, 0.3) is 16.8 Å². The number of halogens is 1. The number of hydrogen-bond acceptors (Lipinski definition) is 4. The molecule has 0 radical (unpaired) electrons. The van der Waals surface area contributed by atoms with Crippen LogP contribution in [0.1, 0.15) is 28.4 Å². The van der Waals surface area contributed by atoms with Gasteiger partial charge in [0, 0.05) is 5.56 Å². The minimum Gasteiger partial charge on any atom is -0.497 e. The summed E-state index contributed by atoms with van der Waals surface area (Å²) < 4.78 is 18.0. The van der Waals surface area contributed by atoms with Crippen molar-refractivity contribution in [1.29, 1.82) is 0 Å². The fourth-order valence-electron chi connectivity index (χ4n) is 3.68. The Morgan fingerprint density at radius 3 is 2.47 bits per heavy atom. The SMILES string of the molecule is CCOc1cc(/C=C/C(=O)c2ccc(OC)cc2)cc(Br)c1OCc1cccc2ccccc12. The van der Waals surface area contributed by atoms with Crippen molar-refractivity contribution in [2.24, 2.45) is 0 Å². The topological polar surface area (TPSA) is 44.8 Å². The van der Waals surface area contributed by atoms with Gasteiger partial charge in [-0.1, -0.05) is 48.5 Å². The normalized spacial score (nSPS) is 11.0. The highest BCUT2D eigenvalue weighted by Gasteiger charge is 2.13. The summed E-state index contributed by atoms with van der Waals surface area (Å²) in [7, 11) is 1.60. The Morgan fingerprint density at radius 2 is 1.71 bits per heavy atom. The van der Waals surface area contributed by atoms with Gasteiger partial charge in [0.15, 0.2) is 17.3 Å². The largest absolute Gasteiger partial charge is 0.497 e. The van der Waals surface area contributed by atoms with E-state index in [0.29, 0.717) is 36.0 Å². The monoisotopic (exact) mass is 516 g/mol. The molecule has 0 unspecified atom stereocenters. The van der Waals surface area contributed by atoms with Gasteiger partial charge in [-0.05, 0) is 87.2 Å². The van der Waals surface area contributed by atoms with E-state index >= 15 is 0 Å². The number of fused-ring (bicyclic) bond motifs is 1. The fraction of sp³-hybridized carbons (Fsp3) is 0.138. The smallest absolute Gasteiger partial charge is 0.185 e. The molecule has 0 atom stereocenters. The molecule has 0 N–H and O–H groups in total. The molecule has 0 amide bonds. The first kappa shape index (κ1) is 23.6. The highest BCUT2D eigenvalue weighted by atomic mass is 79.9. The van der Waals surface area contributed by atoms with Crippen molar-refractivity contribution in [2.45, 2.75) is 13.5 Å². The zero-order chi connectivity index (χ0) is 23.9. The summed E-state index contributed by atoms with van der Waals surface area (Å²) in [4.78, 5) is 12.6. The van der Waals surface area contributed by atoms with Gasteiger partial charge in [0.1, 0.15) is 12.4 Å². The van der Waals surface area contributed by atoms with Gasteiger partial charge in [0.05, 0.1) is 18.2 Å². The summed E-state index contributed by atoms with van der Waals surface area (Å²) in [6.45, 7) is 2.83. The van der Waals surface area contributed by atoms with Gasteiger partial charge >= 0.3 is 0 Å². The van der Waals surface area contributed by atoms with Crippen LogP contribution < -0.4 is 14.2 Å². The van der Waals surface area contributed by atoms with Crippen LogP contribution in [-0.2, 0) is 6.61 Å². The molecular formula is C29H25BrO4. The first-order valence-corrected chi connectivity index (χ1v) is 11.8. The number of benzene rings is 4. The van der Waals surface area contributed by atoms with Crippen LogP contribution in [0.5, 0.6) is 17.2 Å². The average Bonchev–Trinajstić information content (AvgIpc) is 2.87. The molecule has 0 aromatic heterocycles. The van der Waals surface area contributed by atoms with Gasteiger partial charge in [-0.25, -0.2) is 0 Å². The highest BCUT2D eigenvalue weighted by molar-refractivity contribution is 9.10. The minimum absolute atomic E-state index is 0.0898. The molecule has 0 spiro atoms. The number of carbonyl (C=O) groups excluding carboxylic acids is 1. The second-order valence-electron chi connectivity index (χ2n) is 7.62. The van der Waals surface area contributed by atoms with Crippen LogP contribution in [0.2, 0.25) is 0 Å². The molecule has 4 nitrogen and oxygen atoms in total. The van der Waals surface area contributed by atoms with Crippen LogP contribution in [0.4, 0.5) is 0 Å². The summed E-state index contributed by atoms with van der Waals surface area (Å²) in [6, 6.07) is 25.3. The van der Waals surface area contributed by atoms with Crippen molar-refractivity contribution in [3.05, 3.63) is 106 Å². The van der Waals surface area contributed by atoms with Crippen molar-refractivity contribution >= 4 is 38.6 Å². The molecule has 0 aliphatic heterocycles. The van der Waals surface area contributed by atoms with Crippen molar-refractivity contribution in [2.75, 3.05) is 13.7 Å². The van der Waals surface area contributed by atoms with Crippen molar-refractivity contribution in [1.82, 2.24) is 0 Å². The number of allylic oxidation sites excluding steroid dienone is 1. The Balaban J connectivity index is 1.55. The van der Waals surface area contributed by atoms with E-state index in [1.807, 2.05) is 37.3 Å². The van der Waals surface area contributed by atoms with Gasteiger partial charge in [0.25, 0.3) is 0 Å². The number of methoxy groups -OCH3 is 1. The van der Waals surface area contributed by atoms with Crippen molar-refractivity contribution in [3.8, 4) is 17.2 Å². The lowest BCUT2D eigenvalue weighted by Gasteiger charge is -2.15. The molecule has 0 fully saturated rings. The Bertz CT molecular complexity index is 1320. The van der Waals surface area contributed by atoms with Crippen molar-refractivity contribution in [3.63, 3.8) is 0 Å². The molecule has 0 bridgehead atoms. The van der Waals surface area contributed by atoms with E-state index in [2.05, 4.69) is 40.2 Å². The number of hydrogen-bond donors (Lipinski definition) is 0. The number of carbonyl (C=O) groups is 1. The van der Waals surface area contributed by atoms with E-state index < -0.39 is 0 Å². The Morgan fingerprint density at radius 1 is 0.941 bits per heavy atom. The quantitative estimate of drug-likeness (QED) is 0.171. The van der Waals surface area contributed by atoms with E-state index in [1.165, 1.54) is 5.39 Å². The molecule has 0 saturated carbocycles. The molecule has 4 rings (SSSR count). The van der Waals surface area contributed by atoms with Crippen LogP contribution in [0.3, 0.4) is 0 Å². The van der Waals surface area contributed by atoms with Gasteiger partial charge in [-0.3, -0.25) is 4.79 Å². The Labute approximate surface area is 207 Å². The molecular weight excluding hydrogens is 492 g/mol. The first-order chi connectivity index (χ1) is 16.6. The van der Waals surface area contributed by atoms with Crippen molar-refractivity contribution < 1.29 is 19.0 Å². The van der Waals surface area contributed by atoms with Gasteiger partial charge < -0.3 is 14.2 Å². The maximum absolute atomic E-state index is 12.6. The van der Waals surface area contributed by atoms with Gasteiger partial charge in [0.2, 0.25) is 0 Å². The number of ketones is 1. The molecule has 0 heterocycles. The molecule has 4 aromatic carbocycles. The highest BCUT2D eigenvalue weighted by Crippen LogP contribution is 2.38. The Hall–Kier alpha value is -3.57. The zero-order valence-electron chi connectivity index (χ0n) is 19.1. The standard InChI is InChI=1S/C29H25BrO4/c1-3-33-28-18-20(11-16-27(31)22-12-14-24(32-2)15-13-22)17-26(30)29(28)34-19-23-9-6-8-21-7-4-5-10-25(21)23/h4-18H,3,19H2,1-2H3/b16-11+. The average molecular weight is 517 g/mol. The lowest BCUT2D eigenvalue weighted by molar-refractivity contribution is 0.104. The lowest BCUT2D eigenvalue weighted by atomic mass is 10.1. The summed E-state index contributed by atoms with van der Waals surface area (Å²) in [5.41, 5.74) is 2.52. The molecule has 34 heavy (non-hydrogen) atoms. The van der Waals surface area contributed by atoms with E-state index in [-0.39, 0.29) is 5.78 Å². The fourth-order valence-corrected chi connectivity index (χ4v) is 4.25. The second kappa shape index (κ2) is 11.0. The van der Waals surface area contributed by atoms with E-state index in [9.17, 15) is 4.79 Å². The van der Waals surface area contributed by atoms with Crippen LogP contribution in [0.15, 0.2) is 89.4 Å². The van der Waals surface area contributed by atoms with E-state index in [0.717, 1.165) is 21.0 Å². The summed E-state index contributed by atoms with van der Waals surface area (Å²) in [6.07, 6.45) is 3.32. The third-order valence-corrected chi connectivity index (χ3v) is 5.97. The predicted octanol–water partition coefficient (Wildman–Crippen LogP) is 7.48. The Kier molecular flexibility index (Phi) is 7.65. The van der Waals surface area contributed by atoms with Gasteiger partial charge in [-0.15, -0.1) is 0 Å². The van der Waals surface area contributed by atoms with Gasteiger partial charge in [-0.2, -0.15) is 0 Å². The third kappa shape index (κ3) is 5.49. The first-order valence-electron chi connectivity index (χ1n) is 11.0. The zero-order valence-corrected chi connectivity index (χ0v) is 20.7. The number of ether oxygens (including phenoxy) is 3. The molecule has 0 saturated heterocycles.